The third kappa shape index (κ3) is 3.08. The van der Waals surface area contributed by atoms with Gasteiger partial charge in [0, 0.05) is 17.0 Å². The van der Waals surface area contributed by atoms with Crippen molar-refractivity contribution in [1.82, 2.24) is 0 Å². The van der Waals surface area contributed by atoms with Crippen LogP contribution in [0.5, 0.6) is 0 Å². The van der Waals surface area contributed by atoms with E-state index in [1.165, 1.54) is 24.3 Å². The van der Waals surface area contributed by atoms with Gasteiger partial charge >= 0.3 is 0 Å². The average Bonchev–Trinajstić information content (AvgIpc) is 2.49. The van der Waals surface area contributed by atoms with Crippen LogP contribution in [0.3, 0.4) is 0 Å². The van der Waals surface area contributed by atoms with E-state index in [9.17, 15) is 25.9 Å². The highest BCUT2D eigenvalue weighted by atomic mass is 32.2. The number of nitrogen functional groups attached to an aromatic ring is 1. The summed E-state index contributed by atoms with van der Waals surface area (Å²) in [5.41, 5.74) is 5.63. The van der Waals surface area contributed by atoms with Crippen molar-refractivity contribution in [2.45, 2.75) is 29.6 Å². The van der Waals surface area contributed by atoms with Crippen molar-refractivity contribution >= 4 is 36.9 Å². The number of hydrogen-bond acceptors (Lipinski definition) is 8. The molecule has 1 aromatic carbocycles. The largest absolute Gasteiger partial charge is 0.744 e. The van der Waals surface area contributed by atoms with Crippen LogP contribution in [-0.2, 0) is 20.2 Å². The second kappa shape index (κ2) is 6.02. The summed E-state index contributed by atoms with van der Waals surface area (Å²) in [5.74, 6) is -0.667. The molecule has 11 heteroatoms. The van der Waals surface area contributed by atoms with E-state index >= 15 is 0 Å². The van der Waals surface area contributed by atoms with Gasteiger partial charge in [0.1, 0.15) is 25.1 Å². The Kier molecular flexibility index (Phi) is 4.30. The highest BCUT2D eigenvalue weighted by molar-refractivity contribution is 7.86. The summed E-state index contributed by atoms with van der Waals surface area (Å²) >= 11 is 0. The fourth-order valence-corrected chi connectivity index (χ4v) is 4.64. The first-order valence-corrected chi connectivity index (χ1v) is 10.5. The normalized spacial score (nSPS) is 12.9. The molecule has 2 aliphatic rings. The molecule has 0 amide bonds. The Morgan fingerprint density at radius 1 is 1.00 bits per heavy atom. The summed E-state index contributed by atoms with van der Waals surface area (Å²) < 4.78 is 75.9. The summed E-state index contributed by atoms with van der Waals surface area (Å²) in [6.07, 6.45) is 0. The molecule has 0 atom stereocenters. The zero-order valence-corrected chi connectivity index (χ0v) is 15.8. The van der Waals surface area contributed by atoms with Gasteiger partial charge in [-0.05, 0) is 29.7 Å². The van der Waals surface area contributed by atoms with Crippen molar-refractivity contribution in [2.24, 2.45) is 0 Å². The summed E-state index contributed by atoms with van der Waals surface area (Å²) in [4.78, 5) is -1.64. The summed E-state index contributed by atoms with van der Waals surface area (Å²) in [5, 5.41) is 5.56. The Hall–Kier alpha value is -2.47. The minimum Gasteiger partial charge on any atom is -0.744 e. The van der Waals surface area contributed by atoms with Gasteiger partial charge < -0.3 is 19.3 Å². The fourth-order valence-electron chi connectivity index (χ4n) is 3.17. The molecule has 0 saturated heterocycles. The lowest BCUT2D eigenvalue weighted by Crippen LogP contribution is -2.47. The number of rotatable bonds is 3. The quantitative estimate of drug-likeness (QED) is 0.335. The van der Waals surface area contributed by atoms with Crippen LogP contribution in [0.25, 0.3) is 22.3 Å². The topological polar surface area (TPSA) is 179 Å². The maximum atomic E-state index is 11.7. The molecule has 1 aliphatic carbocycles. The van der Waals surface area contributed by atoms with E-state index in [-0.39, 0.29) is 27.9 Å². The number of benzene rings is 2. The molecule has 4 N–H and O–H groups in total. The maximum absolute atomic E-state index is 11.7. The minimum atomic E-state index is -5.06. The van der Waals surface area contributed by atoms with Crippen LogP contribution in [0.1, 0.15) is 25.3 Å². The predicted molar refractivity (Wildman–Crippen MR) is 92.3 cm³/mol. The van der Waals surface area contributed by atoms with Crippen LogP contribution in [0.2, 0.25) is 0 Å². The first-order chi connectivity index (χ1) is 12.3. The first-order valence-electron chi connectivity index (χ1n) is 7.66. The summed E-state index contributed by atoms with van der Waals surface area (Å²) in [7, 11) is -10.1. The van der Waals surface area contributed by atoms with Crippen LogP contribution < -0.4 is 16.5 Å². The summed E-state index contributed by atoms with van der Waals surface area (Å²) in [6, 6.07) is 5.45. The Morgan fingerprint density at radius 3 is 2.11 bits per heavy atom. The van der Waals surface area contributed by atoms with Crippen LogP contribution in [-0.4, -0.2) is 25.9 Å². The number of nitrogens with two attached hydrogens (primary N) is 2. The van der Waals surface area contributed by atoms with Gasteiger partial charge in [-0.15, -0.1) is 0 Å². The molecular formula is C16H15N2O7S2-. The van der Waals surface area contributed by atoms with Crippen molar-refractivity contribution in [3.8, 4) is 11.3 Å². The molecule has 1 heterocycles. The number of hydrogen-bond donors (Lipinski definition) is 2. The van der Waals surface area contributed by atoms with Crippen molar-refractivity contribution in [3.05, 3.63) is 35.2 Å². The van der Waals surface area contributed by atoms with Crippen LogP contribution >= 0.6 is 0 Å². The molecule has 144 valence electrons. The fraction of sp³-hybridized carbons (Fsp3) is 0.188. The van der Waals surface area contributed by atoms with E-state index in [0.717, 1.165) is 0 Å². The van der Waals surface area contributed by atoms with Gasteiger partial charge in [-0.25, -0.2) is 16.8 Å². The molecule has 0 aromatic heterocycles. The SMILES string of the molecule is CC(C)c1c2ccc(=[NH2+])c(S(=O)(=O)[O-])c-2oc2c(S(=O)(=O)[O-])c(N)ccc12. The lowest BCUT2D eigenvalue weighted by molar-refractivity contribution is -0.176. The van der Waals surface area contributed by atoms with E-state index in [2.05, 4.69) is 0 Å². The average molecular weight is 411 g/mol. The van der Waals surface area contributed by atoms with E-state index in [0.29, 0.717) is 5.56 Å². The van der Waals surface area contributed by atoms with Crippen molar-refractivity contribution in [2.75, 3.05) is 5.73 Å². The van der Waals surface area contributed by atoms with Crippen molar-refractivity contribution in [3.63, 3.8) is 0 Å². The molecule has 9 nitrogen and oxygen atoms in total. The predicted octanol–water partition coefficient (Wildman–Crippen LogP) is -0.289. The smallest absolute Gasteiger partial charge is 0.218 e. The standard InChI is InChI=1S/C16H16N2O7S2/c1-7(2)12-8-3-5-10(17)15(26(19,20)21)13(8)25-14-9(12)4-6-11(18)16(14)27(22,23)24/h3-7,17H,18H2,1-2H3,(H,19,20,21)(H,22,23,24)/p-1. The number of fused-ring (bicyclic) bond motifs is 2. The Morgan fingerprint density at radius 2 is 1.59 bits per heavy atom. The highest BCUT2D eigenvalue weighted by Gasteiger charge is 2.28. The van der Waals surface area contributed by atoms with Gasteiger partial charge in [0.05, 0.1) is 5.69 Å². The Bertz CT molecular complexity index is 1320. The van der Waals surface area contributed by atoms with E-state index in [1.54, 1.807) is 13.8 Å². The summed E-state index contributed by atoms with van der Waals surface area (Å²) in [6.45, 7) is 3.55. The van der Waals surface area contributed by atoms with Gasteiger partial charge in [0.15, 0.2) is 16.2 Å². The molecule has 0 unspecified atom stereocenters. The molecule has 0 fully saturated rings. The Balaban J connectivity index is 2.75. The number of anilines is 1. The van der Waals surface area contributed by atoms with Gasteiger partial charge in [-0.1, -0.05) is 13.8 Å². The molecule has 0 spiro atoms. The van der Waals surface area contributed by atoms with Crippen molar-refractivity contribution in [1.29, 1.82) is 0 Å². The lowest BCUT2D eigenvalue weighted by atomic mass is 9.91. The molecule has 0 radical (unpaired) electrons. The van der Waals surface area contributed by atoms with Crippen LogP contribution in [0, 0.1) is 0 Å². The molecule has 0 saturated carbocycles. The van der Waals surface area contributed by atoms with E-state index in [4.69, 9.17) is 15.6 Å². The van der Waals surface area contributed by atoms with Crippen molar-refractivity contribution < 1.29 is 35.8 Å². The van der Waals surface area contributed by atoms with Gasteiger partial charge in [0.25, 0.3) is 0 Å². The third-order valence-electron chi connectivity index (χ3n) is 4.15. The van der Waals surface area contributed by atoms with Gasteiger partial charge in [-0.2, -0.15) is 0 Å². The van der Waals surface area contributed by atoms with Crippen LogP contribution in [0.15, 0.2) is 38.5 Å². The molecule has 0 bridgehead atoms. The maximum Gasteiger partial charge on any atom is 0.218 e. The molecule has 1 aliphatic heterocycles. The third-order valence-corrected chi connectivity index (χ3v) is 5.99. The monoisotopic (exact) mass is 411 g/mol. The molecule has 1 aromatic rings. The molecular weight excluding hydrogens is 396 g/mol. The van der Waals surface area contributed by atoms with Gasteiger partial charge in [-0.3, -0.25) is 5.41 Å². The van der Waals surface area contributed by atoms with Crippen LogP contribution in [0.4, 0.5) is 5.69 Å². The van der Waals surface area contributed by atoms with Gasteiger partial charge in [0.2, 0.25) is 5.36 Å². The Labute approximate surface area is 154 Å². The van der Waals surface area contributed by atoms with E-state index in [1.807, 2.05) is 0 Å². The molecule has 27 heavy (non-hydrogen) atoms. The minimum absolute atomic E-state index is 0.247. The second-order valence-electron chi connectivity index (χ2n) is 6.30. The van der Waals surface area contributed by atoms with E-state index < -0.39 is 41.4 Å². The first kappa shape index (κ1) is 19.3. The lowest BCUT2D eigenvalue weighted by Gasteiger charge is -2.22. The molecule has 3 rings (SSSR count). The highest BCUT2D eigenvalue weighted by Crippen LogP contribution is 2.42. The second-order valence-corrected chi connectivity index (χ2v) is 8.93. The zero-order chi connectivity index (χ0) is 20.3. The zero-order valence-electron chi connectivity index (χ0n) is 14.2.